The van der Waals surface area contributed by atoms with Crippen molar-refractivity contribution < 1.29 is 14.3 Å². The van der Waals surface area contributed by atoms with Gasteiger partial charge in [0.1, 0.15) is 16.4 Å². The molecule has 26 heavy (non-hydrogen) atoms. The van der Waals surface area contributed by atoms with Gasteiger partial charge in [0.15, 0.2) is 0 Å². The second-order valence-electron chi connectivity index (χ2n) is 6.55. The average molecular weight is 373 g/mol. The molecule has 7 heteroatoms. The van der Waals surface area contributed by atoms with Crippen molar-refractivity contribution in [3.05, 3.63) is 39.7 Å². The number of hydrogen-bond donors (Lipinski definition) is 1. The molecule has 0 aromatic carbocycles. The number of nitrogens with zero attached hydrogens (tertiary/aromatic N) is 2. The molecule has 2 amide bonds. The number of aromatic nitrogens is 1. The van der Waals surface area contributed by atoms with Crippen LogP contribution >= 0.6 is 11.3 Å². The fourth-order valence-electron chi connectivity index (χ4n) is 3.08. The van der Waals surface area contributed by atoms with E-state index in [1.165, 1.54) is 11.3 Å². The van der Waals surface area contributed by atoms with Crippen molar-refractivity contribution in [2.45, 2.75) is 26.7 Å². The van der Waals surface area contributed by atoms with Crippen molar-refractivity contribution in [1.29, 1.82) is 0 Å². The number of amides is 2. The van der Waals surface area contributed by atoms with Crippen LogP contribution in [0, 0.1) is 19.8 Å². The molecule has 0 aliphatic carbocycles. The third-order valence-electron chi connectivity index (χ3n) is 4.48. The van der Waals surface area contributed by atoms with Crippen LogP contribution in [0.5, 0.6) is 5.75 Å². The molecule has 0 unspecified atom stereocenters. The zero-order valence-electron chi connectivity index (χ0n) is 15.2. The number of thiophene rings is 1. The number of rotatable bonds is 4. The highest BCUT2D eigenvalue weighted by atomic mass is 32.1. The molecule has 138 valence electrons. The number of methoxy groups -OCH3 is 1. The summed E-state index contributed by atoms with van der Waals surface area (Å²) in [4.78, 5) is 33.0. The molecular formula is C19H23N3O3S. The lowest BCUT2D eigenvalue weighted by Crippen LogP contribution is -2.43. The number of carbonyl (C=O) groups is 2. The van der Waals surface area contributed by atoms with E-state index in [9.17, 15) is 9.59 Å². The summed E-state index contributed by atoms with van der Waals surface area (Å²) in [6.07, 6.45) is 3.29. The van der Waals surface area contributed by atoms with E-state index in [2.05, 4.69) is 10.3 Å². The zero-order valence-corrected chi connectivity index (χ0v) is 16.1. The first-order chi connectivity index (χ1) is 12.5. The Morgan fingerprint density at radius 2 is 2.15 bits per heavy atom. The van der Waals surface area contributed by atoms with Gasteiger partial charge >= 0.3 is 0 Å². The molecule has 2 aromatic heterocycles. The van der Waals surface area contributed by atoms with E-state index < -0.39 is 0 Å². The van der Waals surface area contributed by atoms with Gasteiger partial charge in [-0.2, -0.15) is 0 Å². The fourth-order valence-corrected chi connectivity index (χ4v) is 4.03. The number of piperidine rings is 1. The Balaban J connectivity index is 1.67. The van der Waals surface area contributed by atoms with Crippen molar-refractivity contribution in [2.24, 2.45) is 5.92 Å². The molecule has 6 nitrogen and oxygen atoms in total. The molecule has 3 heterocycles. The van der Waals surface area contributed by atoms with Crippen LogP contribution in [-0.2, 0) is 4.79 Å². The molecule has 1 aliphatic rings. The Bertz CT molecular complexity index is 801. The summed E-state index contributed by atoms with van der Waals surface area (Å²) in [5.74, 6) is 0.759. The summed E-state index contributed by atoms with van der Waals surface area (Å²) >= 11 is 1.43. The number of likely N-dealkylation sites (tertiary alicyclic amines) is 1. The van der Waals surface area contributed by atoms with Crippen LogP contribution in [0.2, 0.25) is 0 Å². The summed E-state index contributed by atoms with van der Waals surface area (Å²) in [6, 6.07) is 5.57. The smallest absolute Gasteiger partial charge is 0.267 e. The number of hydrogen-bond acceptors (Lipinski definition) is 5. The lowest BCUT2D eigenvalue weighted by molar-refractivity contribution is -0.121. The third-order valence-corrected chi connectivity index (χ3v) is 5.50. The standard InChI is InChI=1S/C19H23N3O3S/c1-12-6-7-16(20-10-12)21-18(23)14-5-4-8-22(11-14)19(24)17-15(25-3)9-13(2)26-17/h6-7,9-10,14H,4-5,8,11H2,1-3H3,(H,20,21,23)/t14-/m0/s1. The Hall–Kier alpha value is -2.41. The minimum atomic E-state index is -0.233. The number of ether oxygens (including phenoxy) is 1. The van der Waals surface area contributed by atoms with Gasteiger partial charge < -0.3 is 15.0 Å². The highest BCUT2D eigenvalue weighted by molar-refractivity contribution is 7.14. The van der Waals surface area contributed by atoms with Crippen molar-refractivity contribution in [3.63, 3.8) is 0 Å². The normalized spacial score (nSPS) is 17.0. The van der Waals surface area contributed by atoms with Crippen molar-refractivity contribution >= 4 is 29.0 Å². The molecule has 1 aliphatic heterocycles. The van der Waals surface area contributed by atoms with E-state index in [4.69, 9.17) is 4.74 Å². The van der Waals surface area contributed by atoms with Crippen molar-refractivity contribution in [1.82, 2.24) is 9.88 Å². The van der Waals surface area contributed by atoms with Crippen molar-refractivity contribution in [2.75, 3.05) is 25.5 Å². The lowest BCUT2D eigenvalue weighted by Gasteiger charge is -2.31. The van der Waals surface area contributed by atoms with Gasteiger partial charge in [0.2, 0.25) is 5.91 Å². The maximum atomic E-state index is 12.9. The van der Waals surface area contributed by atoms with E-state index in [-0.39, 0.29) is 17.7 Å². The SMILES string of the molecule is COc1cc(C)sc1C(=O)N1CCC[C@H](C(=O)Nc2ccc(C)cn2)C1. The summed E-state index contributed by atoms with van der Waals surface area (Å²) in [5, 5.41) is 2.85. The summed E-state index contributed by atoms with van der Waals surface area (Å²) in [5.41, 5.74) is 1.04. The van der Waals surface area contributed by atoms with Gasteiger partial charge in [-0.25, -0.2) is 4.98 Å². The average Bonchev–Trinajstić information content (AvgIpc) is 3.04. The van der Waals surface area contributed by atoms with Crippen LogP contribution in [0.3, 0.4) is 0 Å². The highest BCUT2D eigenvalue weighted by Crippen LogP contribution is 2.31. The summed E-state index contributed by atoms with van der Waals surface area (Å²) < 4.78 is 5.32. The zero-order chi connectivity index (χ0) is 18.7. The quantitative estimate of drug-likeness (QED) is 0.893. The second kappa shape index (κ2) is 7.86. The monoisotopic (exact) mass is 373 g/mol. The number of carbonyl (C=O) groups excluding carboxylic acids is 2. The van der Waals surface area contributed by atoms with Crippen LogP contribution in [0.15, 0.2) is 24.4 Å². The van der Waals surface area contributed by atoms with Gasteiger partial charge in [0.25, 0.3) is 5.91 Å². The molecule has 3 rings (SSSR count). The Morgan fingerprint density at radius 1 is 1.35 bits per heavy atom. The van der Waals surface area contributed by atoms with E-state index in [0.29, 0.717) is 29.5 Å². The van der Waals surface area contributed by atoms with Gasteiger partial charge in [-0.05, 0) is 44.4 Å². The Labute approximate surface area is 157 Å². The minimum Gasteiger partial charge on any atom is -0.495 e. The Morgan fingerprint density at radius 3 is 2.85 bits per heavy atom. The lowest BCUT2D eigenvalue weighted by atomic mass is 9.97. The molecule has 0 bridgehead atoms. The van der Waals surface area contributed by atoms with Crippen LogP contribution in [-0.4, -0.2) is 41.9 Å². The maximum Gasteiger partial charge on any atom is 0.267 e. The van der Waals surface area contributed by atoms with Crippen LogP contribution < -0.4 is 10.1 Å². The first kappa shape index (κ1) is 18.4. The van der Waals surface area contributed by atoms with Gasteiger partial charge in [-0.1, -0.05) is 6.07 Å². The van der Waals surface area contributed by atoms with Gasteiger partial charge in [-0.3, -0.25) is 9.59 Å². The summed E-state index contributed by atoms with van der Waals surface area (Å²) in [6.45, 7) is 4.97. The number of aryl methyl sites for hydroxylation is 2. The number of anilines is 1. The Kier molecular flexibility index (Phi) is 5.56. The predicted octanol–water partition coefficient (Wildman–Crippen LogP) is 3.26. The third kappa shape index (κ3) is 4.04. The minimum absolute atomic E-state index is 0.0640. The fraction of sp³-hybridized carbons (Fsp3) is 0.421. The molecular weight excluding hydrogens is 350 g/mol. The molecule has 1 fully saturated rings. The number of pyridine rings is 1. The predicted molar refractivity (Wildman–Crippen MR) is 102 cm³/mol. The van der Waals surface area contributed by atoms with E-state index in [0.717, 1.165) is 23.3 Å². The molecule has 1 atom stereocenters. The largest absolute Gasteiger partial charge is 0.495 e. The highest BCUT2D eigenvalue weighted by Gasteiger charge is 2.31. The maximum absolute atomic E-state index is 12.9. The van der Waals surface area contributed by atoms with Gasteiger partial charge in [0.05, 0.1) is 13.0 Å². The second-order valence-corrected chi connectivity index (χ2v) is 7.81. The van der Waals surface area contributed by atoms with Crippen LogP contribution in [0.4, 0.5) is 5.82 Å². The molecule has 1 saturated heterocycles. The van der Waals surface area contributed by atoms with Crippen LogP contribution in [0.25, 0.3) is 0 Å². The van der Waals surface area contributed by atoms with E-state index in [1.807, 2.05) is 26.0 Å². The first-order valence-corrected chi connectivity index (χ1v) is 9.47. The summed E-state index contributed by atoms with van der Waals surface area (Å²) in [7, 11) is 1.57. The van der Waals surface area contributed by atoms with Gasteiger partial charge in [-0.15, -0.1) is 11.3 Å². The van der Waals surface area contributed by atoms with E-state index >= 15 is 0 Å². The van der Waals surface area contributed by atoms with Crippen LogP contribution in [0.1, 0.15) is 33.0 Å². The van der Waals surface area contributed by atoms with Crippen molar-refractivity contribution in [3.8, 4) is 5.75 Å². The molecule has 0 spiro atoms. The molecule has 0 saturated carbocycles. The topological polar surface area (TPSA) is 71.5 Å². The van der Waals surface area contributed by atoms with Gasteiger partial charge in [0, 0.05) is 24.2 Å². The number of nitrogens with one attached hydrogen (secondary N) is 1. The molecule has 2 aromatic rings. The van der Waals surface area contributed by atoms with E-state index in [1.54, 1.807) is 24.3 Å². The molecule has 0 radical (unpaired) electrons. The molecule has 1 N–H and O–H groups in total. The first-order valence-electron chi connectivity index (χ1n) is 8.65.